The molecule has 2 aliphatic heterocycles. The Kier molecular flexibility index (Phi) is 3.74. The Morgan fingerprint density at radius 2 is 2.00 bits per heavy atom. The number of carbonyl (C=O) groups is 1. The highest BCUT2D eigenvalue weighted by Gasteiger charge is 2.38. The van der Waals surface area contributed by atoms with Gasteiger partial charge in [-0.25, -0.2) is 4.39 Å². The number of rotatable bonds is 3. The van der Waals surface area contributed by atoms with E-state index in [2.05, 4.69) is 5.32 Å². The van der Waals surface area contributed by atoms with E-state index >= 15 is 0 Å². The van der Waals surface area contributed by atoms with Crippen LogP contribution < -0.4 is 5.32 Å². The van der Waals surface area contributed by atoms with Gasteiger partial charge < -0.3 is 10.2 Å². The number of carbonyl (C=O) groups excluding carboxylic acids is 1. The number of benzene rings is 1. The highest BCUT2D eigenvalue weighted by Crippen LogP contribution is 2.29. The van der Waals surface area contributed by atoms with E-state index < -0.39 is 0 Å². The summed E-state index contributed by atoms with van der Waals surface area (Å²) in [5.41, 5.74) is 0.641. The van der Waals surface area contributed by atoms with Gasteiger partial charge in [0.1, 0.15) is 5.82 Å². The number of fused-ring (bicyclic) bond motifs is 1. The van der Waals surface area contributed by atoms with E-state index in [0.29, 0.717) is 23.8 Å². The van der Waals surface area contributed by atoms with Gasteiger partial charge in [0.25, 0.3) is 0 Å². The molecule has 1 aromatic carbocycles. The molecule has 108 valence electrons. The number of hydrogen-bond donors (Lipinski definition) is 1. The topological polar surface area (TPSA) is 32.3 Å². The maximum absolute atomic E-state index is 13.7. The van der Waals surface area contributed by atoms with Gasteiger partial charge in [0.15, 0.2) is 0 Å². The fourth-order valence-corrected chi connectivity index (χ4v) is 3.43. The molecule has 20 heavy (non-hydrogen) atoms. The highest BCUT2D eigenvalue weighted by molar-refractivity contribution is 5.77. The van der Waals surface area contributed by atoms with Crippen LogP contribution in [0.25, 0.3) is 0 Å². The molecule has 1 unspecified atom stereocenters. The third-order valence-electron chi connectivity index (χ3n) is 4.66. The maximum atomic E-state index is 13.7. The summed E-state index contributed by atoms with van der Waals surface area (Å²) in [4.78, 5) is 14.3. The van der Waals surface area contributed by atoms with Crippen molar-refractivity contribution in [1.29, 1.82) is 0 Å². The van der Waals surface area contributed by atoms with Gasteiger partial charge in [0.05, 0.1) is 0 Å². The van der Waals surface area contributed by atoms with Crippen LogP contribution in [0, 0.1) is 17.7 Å². The molecule has 2 heterocycles. The van der Waals surface area contributed by atoms with Crippen LogP contribution in [0.15, 0.2) is 24.3 Å². The molecule has 2 aliphatic rings. The second-order valence-electron chi connectivity index (χ2n) is 6.10. The standard InChI is InChI=1S/C16H21FN2O/c1-11(14-4-2-3-5-15(14)17)6-16(20)19-9-12-7-18-8-13(12)10-19/h2-5,11-13,18H,6-10H2,1H3/t11?,12-,13+. The molecular weight excluding hydrogens is 255 g/mol. The zero-order chi connectivity index (χ0) is 14.1. The predicted molar refractivity (Wildman–Crippen MR) is 75.9 cm³/mol. The second kappa shape index (κ2) is 5.52. The number of halogens is 1. The molecular formula is C16H21FN2O. The van der Waals surface area contributed by atoms with Gasteiger partial charge >= 0.3 is 0 Å². The lowest BCUT2D eigenvalue weighted by atomic mass is 9.96. The second-order valence-corrected chi connectivity index (χ2v) is 6.10. The molecule has 1 N–H and O–H groups in total. The van der Waals surface area contributed by atoms with E-state index in [4.69, 9.17) is 0 Å². The molecule has 0 aliphatic carbocycles. The van der Waals surface area contributed by atoms with Gasteiger partial charge in [-0.05, 0) is 29.4 Å². The van der Waals surface area contributed by atoms with Crippen LogP contribution in [-0.2, 0) is 4.79 Å². The summed E-state index contributed by atoms with van der Waals surface area (Å²) in [6, 6.07) is 6.74. The van der Waals surface area contributed by atoms with E-state index in [0.717, 1.165) is 26.2 Å². The molecule has 0 aromatic heterocycles. The quantitative estimate of drug-likeness (QED) is 0.916. The number of likely N-dealkylation sites (tertiary alicyclic amines) is 1. The number of nitrogens with zero attached hydrogens (tertiary/aromatic N) is 1. The Morgan fingerprint density at radius 3 is 2.65 bits per heavy atom. The van der Waals surface area contributed by atoms with Crippen LogP contribution >= 0.6 is 0 Å². The van der Waals surface area contributed by atoms with Crippen LogP contribution in [0.1, 0.15) is 24.8 Å². The summed E-state index contributed by atoms with van der Waals surface area (Å²) in [7, 11) is 0. The summed E-state index contributed by atoms with van der Waals surface area (Å²) in [5.74, 6) is 1.11. The summed E-state index contributed by atoms with van der Waals surface area (Å²) in [6.07, 6.45) is 0.397. The van der Waals surface area contributed by atoms with Crippen molar-refractivity contribution in [3.63, 3.8) is 0 Å². The first kappa shape index (κ1) is 13.6. The maximum Gasteiger partial charge on any atom is 0.223 e. The van der Waals surface area contributed by atoms with Crippen molar-refractivity contribution in [2.24, 2.45) is 11.8 Å². The molecule has 0 bridgehead atoms. The minimum Gasteiger partial charge on any atom is -0.342 e. The Balaban J connectivity index is 1.61. The van der Waals surface area contributed by atoms with E-state index in [-0.39, 0.29) is 17.6 Å². The van der Waals surface area contributed by atoms with Crippen molar-refractivity contribution in [3.05, 3.63) is 35.6 Å². The number of hydrogen-bond acceptors (Lipinski definition) is 2. The number of amides is 1. The first-order valence-electron chi connectivity index (χ1n) is 7.38. The van der Waals surface area contributed by atoms with Gasteiger partial charge in [-0.3, -0.25) is 4.79 Å². The molecule has 3 atom stereocenters. The zero-order valence-corrected chi connectivity index (χ0v) is 11.8. The van der Waals surface area contributed by atoms with Crippen molar-refractivity contribution in [2.75, 3.05) is 26.2 Å². The summed E-state index contributed by atoms with van der Waals surface area (Å²) < 4.78 is 13.7. The van der Waals surface area contributed by atoms with Crippen molar-refractivity contribution in [3.8, 4) is 0 Å². The number of nitrogens with one attached hydrogen (secondary N) is 1. The van der Waals surface area contributed by atoms with Gasteiger partial charge in [-0.2, -0.15) is 0 Å². The van der Waals surface area contributed by atoms with Crippen molar-refractivity contribution in [1.82, 2.24) is 10.2 Å². The van der Waals surface area contributed by atoms with Gasteiger partial charge in [0, 0.05) is 32.6 Å². The Morgan fingerprint density at radius 1 is 1.35 bits per heavy atom. The lowest BCUT2D eigenvalue weighted by molar-refractivity contribution is -0.130. The van der Waals surface area contributed by atoms with Crippen LogP contribution in [-0.4, -0.2) is 37.0 Å². The van der Waals surface area contributed by atoms with E-state index in [1.165, 1.54) is 6.07 Å². The lowest BCUT2D eigenvalue weighted by Crippen LogP contribution is -2.32. The van der Waals surface area contributed by atoms with E-state index in [1.54, 1.807) is 12.1 Å². The third-order valence-corrected chi connectivity index (χ3v) is 4.66. The SMILES string of the molecule is CC(CC(=O)N1C[C@H]2CNC[C@H]2C1)c1ccccc1F. The predicted octanol–water partition coefficient (Wildman–Crippen LogP) is 2.00. The molecule has 0 radical (unpaired) electrons. The molecule has 0 spiro atoms. The Hall–Kier alpha value is -1.42. The average Bonchev–Trinajstić information content (AvgIpc) is 2.99. The Labute approximate surface area is 119 Å². The van der Waals surface area contributed by atoms with Crippen LogP contribution in [0.5, 0.6) is 0 Å². The Bertz CT molecular complexity index is 493. The fourth-order valence-electron chi connectivity index (χ4n) is 3.43. The summed E-state index contributed by atoms with van der Waals surface area (Å²) in [5, 5.41) is 3.37. The van der Waals surface area contributed by atoms with Crippen molar-refractivity contribution < 1.29 is 9.18 Å². The molecule has 2 fully saturated rings. The molecule has 1 aromatic rings. The average molecular weight is 276 g/mol. The van der Waals surface area contributed by atoms with E-state index in [9.17, 15) is 9.18 Å². The minimum absolute atomic E-state index is 0.0673. The molecule has 0 saturated carbocycles. The largest absolute Gasteiger partial charge is 0.342 e. The van der Waals surface area contributed by atoms with Gasteiger partial charge in [0.2, 0.25) is 5.91 Å². The normalized spacial score (nSPS) is 26.6. The summed E-state index contributed by atoms with van der Waals surface area (Å²) >= 11 is 0. The van der Waals surface area contributed by atoms with Crippen molar-refractivity contribution in [2.45, 2.75) is 19.3 Å². The molecule has 2 saturated heterocycles. The minimum atomic E-state index is -0.213. The molecule has 4 heteroatoms. The third kappa shape index (κ3) is 2.57. The van der Waals surface area contributed by atoms with Crippen molar-refractivity contribution >= 4 is 5.91 Å². The molecule has 3 rings (SSSR count). The summed E-state index contributed by atoms with van der Waals surface area (Å²) in [6.45, 7) is 5.70. The zero-order valence-electron chi connectivity index (χ0n) is 11.8. The van der Waals surface area contributed by atoms with Crippen LogP contribution in [0.2, 0.25) is 0 Å². The first-order chi connectivity index (χ1) is 9.65. The molecule has 1 amide bonds. The highest BCUT2D eigenvalue weighted by atomic mass is 19.1. The fraction of sp³-hybridized carbons (Fsp3) is 0.562. The van der Waals surface area contributed by atoms with Gasteiger partial charge in [-0.1, -0.05) is 25.1 Å². The van der Waals surface area contributed by atoms with E-state index in [1.807, 2.05) is 17.9 Å². The van der Waals surface area contributed by atoms with Gasteiger partial charge in [-0.15, -0.1) is 0 Å². The van der Waals surface area contributed by atoms with Crippen LogP contribution in [0.4, 0.5) is 4.39 Å². The first-order valence-corrected chi connectivity index (χ1v) is 7.38. The smallest absolute Gasteiger partial charge is 0.223 e. The monoisotopic (exact) mass is 276 g/mol. The molecule has 3 nitrogen and oxygen atoms in total. The lowest BCUT2D eigenvalue weighted by Gasteiger charge is -2.20. The van der Waals surface area contributed by atoms with Crippen LogP contribution in [0.3, 0.4) is 0 Å².